The van der Waals surface area contributed by atoms with Crippen molar-refractivity contribution < 1.29 is 27.5 Å². The molecule has 10 heteroatoms. The topological polar surface area (TPSA) is 74.8 Å². The number of aromatic nitrogens is 1. The minimum absolute atomic E-state index is 0.0473. The first kappa shape index (κ1) is 27.9. The summed E-state index contributed by atoms with van der Waals surface area (Å²) in [7, 11) is 0. The molecular formula is C28H35F3N4O3. The van der Waals surface area contributed by atoms with Crippen molar-refractivity contribution in [3.8, 4) is 5.75 Å². The highest BCUT2D eigenvalue weighted by atomic mass is 19.4. The Labute approximate surface area is 221 Å². The number of fused-ring (bicyclic) bond motifs is 1. The molecule has 7 nitrogen and oxygen atoms in total. The van der Waals surface area contributed by atoms with Gasteiger partial charge in [-0.05, 0) is 74.4 Å². The van der Waals surface area contributed by atoms with Gasteiger partial charge in [0, 0.05) is 51.4 Å². The number of piperazine rings is 1. The molecule has 38 heavy (non-hydrogen) atoms. The summed E-state index contributed by atoms with van der Waals surface area (Å²) in [6.07, 6.45) is 0.268. The van der Waals surface area contributed by atoms with Gasteiger partial charge in [0.2, 0.25) is 5.91 Å². The summed E-state index contributed by atoms with van der Waals surface area (Å²) >= 11 is 0. The molecule has 0 unspecified atom stereocenters. The molecule has 206 valence electrons. The van der Waals surface area contributed by atoms with Crippen LogP contribution in [-0.2, 0) is 11.0 Å². The van der Waals surface area contributed by atoms with Gasteiger partial charge in [-0.25, -0.2) is 0 Å². The van der Waals surface area contributed by atoms with E-state index in [0.717, 1.165) is 49.3 Å². The maximum atomic E-state index is 13.0. The largest absolute Gasteiger partial charge is 0.493 e. The Morgan fingerprint density at radius 3 is 2.58 bits per heavy atom. The number of alkyl halides is 3. The first-order valence-electron chi connectivity index (χ1n) is 13.1. The fourth-order valence-corrected chi connectivity index (χ4v) is 5.49. The fraction of sp³-hybridized carbons (Fsp3) is 0.536. The molecule has 2 aliphatic rings. The zero-order valence-electron chi connectivity index (χ0n) is 22.1. The third-order valence-electron chi connectivity index (χ3n) is 7.62. The Balaban J connectivity index is 1.40. The van der Waals surface area contributed by atoms with Crippen molar-refractivity contribution in [1.82, 2.24) is 20.1 Å². The number of halogens is 3. The minimum Gasteiger partial charge on any atom is -0.493 e. The van der Waals surface area contributed by atoms with Gasteiger partial charge in [0.25, 0.3) is 5.91 Å². The van der Waals surface area contributed by atoms with Crippen LogP contribution in [0.15, 0.2) is 30.5 Å². The first-order valence-corrected chi connectivity index (χ1v) is 13.1. The van der Waals surface area contributed by atoms with Gasteiger partial charge in [-0.15, -0.1) is 0 Å². The summed E-state index contributed by atoms with van der Waals surface area (Å²) in [5.74, 6) is 0.524. The molecule has 1 aromatic carbocycles. The van der Waals surface area contributed by atoms with Crippen molar-refractivity contribution in [3.05, 3.63) is 58.4 Å². The fourth-order valence-electron chi connectivity index (χ4n) is 5.49. The van der Waals surface area contributed by atoms with E-state index in [2.05, 4.69) is 35.1 Å². The van der Waals surface area contributed by atoms with Crippen LogP contribution in [0.5, 0.6) is 5.75 Å². The third kappa shape index (κ3) is 6.28. The number of amides is 2. The molecule has 0 saturated carbocycles. The number of pyridine rings is 1. The van der Waals surface area contributed by atoms with Gasteiger partial charge < -0.3 is 15.0 Å². The number of hydrogen-bond donors (Lipinski definition) is 1. The number of ether oxygens (including phenoxy) is 1. The molecule has 0 aliphatic carbocycles. The zero-order valence-corrected chi connectivity index (χ0v) is 22.1. The molecule has 0 radical (unpaired) electrons. The molecule has 1 aromatic heterocycles. The zero-order chi connectivity index (χ0) is 27.4. The summed E-state index contributed by atoms with van der Waals surface area (Å²) in [6.45, 7) is 8.55. The van der Waals surface area contributed by atoms with Crippen LogP contribution in [0.1, 0.15) is 71.4 Å². The lowest BCUT2D eigenvalue weighted by molar-refractivity contribution is -0.141. The molecule has 2 amide bonds. The number of carbonyl (C=O) groups is 2. The summed E-state index contributed by atoms with van der Waals surface area (Å²) in [4.78, 5) is 31.7. The van der Waals surface area contributed by atoms with Crippen LogP contribution >= 0.6 is 0 Å². The molecule has 3 heterocycles. The van der Waals surface area contributed by atoms with Gasteiger partial charge in [0.1, 0.15) is 11.4 Å². The first-order chi connectivity index (χ1) is 18.1. The Kier molecular flexibility index (Phi) is 8.60. The lowest BCUT2D eigenvalue weighted by atomic mass is 9.86. The van der Waals surface area contributed by atoms with E-state index in [1.807, 2.05) is 6.07 Å². The highest BCUT2D eigenvalue weighted by molar-refractivity contribution is 5.94. The number of nitrogens with one attached hydrogen (secondary N) is 1. The number of hydrogen-bond acceptors (Lipinski definition) is 5. The summed E-state index contributed by atoms with van der Waals surface area (Å²) in [6, 6.07) is 6.68. The summed E-state index contributed by atoms with van der Waals surface area (Å²) < 4.78 is 44.5. The second kappa shape index (κ2) is 11.7. The van der Waals surface area contributed by atoms with Gasteiger partial charge in [-0.2, -0.15) is 13.2 Å². The highest BCUT2D eigenvalue weighted by Gasteiger charge is 2.38. The van der Waals surface area contributed by atoms with Gasteiger partial charge in [-0.1, -0.05) is 6.07 Å². The summed E-state index contributed by atoms with van der Waals surface area (Å²) in [5, 5.41) is 2.77. The maximum Gasteiger partial charge on any atom is 0.433 e. The number of piperidine rings is 1. The second-order valence-corrected chi connectivity index (χ2v) is 10.1. The van der Waals surface area contributed by atoms with E-state index in [0.29, 0.717) is 32.8 Å². The minimum atomic E-state index is -4.53. The monoisotopic (exact) mass is 532 g/mol. The molecule has 2 fully saturated rings. The van der Waals surface area contributed by atoms with Crippen LogP contribution in [0.4, 0.5) is 13.2 Å². The van der Waals surface area contributed by atoms with Crippen molar-refractivity contribution in [1.29, 1.82) is 0 Å². The molecule has 4 rings (SSSR count). The van der Waals surface area contributed by atoms with Gasteiger partial charge in [0.15, 0.2) is 0 Å². The van der Waals surface area contributed by atoms with Gasteiger partial charge in [-0.3, -0.25) is 19.5 Å². The second-order valence-electron chi connectivity index (χ2n) is 10.1. The number of carbonyl (C=O) groups excluding carboxylic acids is 2. The quantitative estimate of drug-likeness (QED) is 0.525. The van der Waals surface area contributed by atoms with Crippen molar-refractivity contribution in [2.45, 2.75) is 64.7 Å². The van der Waals surface area contributed by atoms with E-state index < -0.39 is 11.9 Å². The van der Waals surface area contributed by atoms with Crippen molar-refractivity contribution in [3.63, 3.8) is 0 Å². The Morgan fingerprint density at radius 1 is 1.11 bits per heavy atom. The van der Waals surface area contributed by atoms with Crippen molar-refractivity contribution in [2.24, 2.45) is 0 Å². The van der Waals surface area contributed by atoms with Crippen LogP contribution < -0.4 is 10.1 Å². The van der Waals surface area contributed by atoms with Crippen LogP contribution in [-0.4, -0.2) is 65.4 Å². The van der Waals surface area contributed by atoms with Crippen LogP contribution in [0.3, 0.4) is 0 Å². The van der Waals surface area contributed by atoms with E-state index in [4.69, 9.17) is 4.74 Å². The number of benzene rings is 1. The van der Waals surface area contributed by atoms with E-state index in [-0.39, 0.29) is 29.5 Å². The Hall–Kier alpha value is -3.14. The molecule has 0 spiro atoms. The highest BCUT2D eigenvalue weighted by Crippen LogP contribution is 2.39. The molecule has 1 N–H and O–H groups in total. The van der Waals surface area contributed by atoms with E-state index in [1.165, 1.54) is 24.1 Å². The van der Waals surface area contributed by atoms with E-state index in [9.17, 15) is 22.8 Å². The standard InChI is InChI=1S/C28H35F3N4O3/c1-18-19(2)25(38-15-5-12-32-20(3)36)10-9-23(18)24-7-4-6-22-17-34(13-14-35(22)24)27(37)21-8-11-26(33-16-21)28(29,30)31/h8-11,16,22,24H,4-7,12-15,17H2,1-3H3,(H,32,36)/t22-,24+/m0/s1. The maximum absolute atomic E-state index is 13.0. The predicted octanol–water partition coefficient (Wildman–Crippen LogP) is 4.67. The molecule has 2 atom stereocenters. The lowest BCUT2D eigenvalue weighted by Gasteiger charge is -2.48. The normalized spacial score (nSPS) is 20.1. The number of rotatable bonds is 7. The summed E-state index contributed by atoms with van der Waals surface area (Å²) in [5.41, 5.74) is 2.75. The van der Waals surface area contributed by atoms with Crippen molar-refractivity contribution >= 4 is 11.8 Å². The van der Waals surface area contributed by atoms with E-state index in [1.54, 1.807) is 4.90 Å². The molecule has 2 saturated heterocycles. The Bertz CT molecular complexity index is 1150. The number of nitrogens with zero attached hydrogens (tertiary/aromatic N) is 3. The predicted molar refractivity (Wildman–Crippen MR) is 137 cm³/mol. The molecule has 2 aliphatic heterocycles. The smallest absolute Gasteiger partial charge is 0.433 e. The van der Waals surface area contributed by atoms with Crippen LogP contribution in [0.25, 0.3) is 0 Å². The molecular weight excluding hydrogens is 497 g/mol. The van der Waals surface area contributed by atoms with Crippen LogP contribution in [0.2, 0.25) is 0 Å². The van der Waals surface area contributed by atoms with Crippen molar-refractivity contribution in [2.75, 3.05) is 32.8 Å². The average molecular weight is 533 g/mol. The SMILES string of the molecule is CC(=O)NCCCOc1ccc([C@H]2CCC[C@H]3CN(C(=O)c4ccc(C(F)(F)F)nc4)CCN32)c(C)c1C. The van der Waals surface area contributed by atoms with E-state index >= 15 is 0 Å². The van der Waals surface area contributed by atoms with Gasteiger partial charge >= 0.3 is 6.18 Å². The average Bonchev–Trinajstić information content (AvgIpc) is 2.89. The van der Waals surface area contributed by atoms with Gasteiger partial charge in [0.05, 0.1) is 12.2 Å². The Morgan fingerprint density at radius 2 is 1.89 bits per heavy atom. The third-order valence-corrected chi connectivity index (χ3v) is 7.62. The molecule has 0 bridgehead atoms. The lowest BCUT2D eigenvalue weighted by Crippen LogP contribution is -2.57. The van der Waals surface area contributed by atoms with Crippen LogP contribution in [0, 0.1) is 13.8 Å². The molecule has 2 aromatic rings.